The lowest BCUT2D eigenvalue weighted by Crippen LogP contribution is -2.55. The lowest BCUT2D eigenvalue weighted by molar-refractivity contribution is 0.0382. The number of rotatable bonds is 3. The first-order chi connectivity index (χ1) is 9.47. The Kier molecular flexibility index (Phi) is 4.73. The van der Waals surface area contributed by atoms with Crippen LogP contribution >= 0.6 is 0 Å². The minimum Gasteiger partial charge on any atom is -0.392 e. The molecule has 0 saturated carbocycles. The number of carbonyl (C=O) groups excluding carboxylic acids is 1. The van der Waals surface area contributed by atoms with Crippen molar-refractivity contribution < 1.29 is 9.90 Å². The SMILES string of the molecule is Cc1cncc(C(=O)N2CCN(C[C@H](C)O)C[C@H]2C)c1. The highest BCUT2D eigenvalue weighted by Gasteiger charge is 2.28. The molecular formula is C15H23N3O2. The van der Waals surface area contributed by atoms with Crippen LogP contribution in [0.5, 0.6) is 0 Å². The van der Waals surface area contributed by atoms with Gasteiger partial charge in [0.15, 0.2) is 0 Å². The van der Waals surface area contributed by atoms with Gasteiger partial charge in [-0.2, -0.15) is 0 Å². The van der Waals surface area contributed by atoms with E-state index in [1.54, 1.807) is 19.3 Å². The van der Waals surface area contributed by atoms with Crippen molar-refractivity contribution in [1.82, 2.24) is 14.8 Å². The van der Waals surface area contributed by atoms with E-state index in [1.807, 2.05) is 17.9 Å². The first-order valence-electron chi connectivity index (χ1n) is 7.10. The largest absolute Gasteiger partial charge is 0.392 e. The number of carbonyl (C=O) groups is 1. The highest BCUT2D eigenvalue weighted by atomic mass is 16.3. The number of hydrogen-bond acceptors (Lipinski definition) is 4. The van der Waals surface area contributed by atoms with Crippen molar-refractivity contribution in [3.63, 3.8) is 0 Å². The van der Waals surface area contributed by atoms with Crippen LogP contribution in [0, 0.1) is 6.92 Å². The van der Waals surface area contributed by atoms with Gasteiger partial charge < -0.3 is 10.0 Å². The van der Waals surface area contributed by atoms with Crippen molar-refractivity contribution in [1.29, 1.82) is 0 Å². The van der Waals surface area contributed by atoms with Crippen LogP contribution in [-0.2, 0) is 0 Å². The number of aliphatic hydroxyl groups is 1. The molecule has 1 aliphatic rings. The van der Waals surface area contributed by atoms with E-state index in [0.29, 0.717) is 18.7 Å². The third-order valence-electron chi connectivity index (χ3n) is 3.62. The molecule has 5 heteroatoms. The van der Waals surface area contributed by atoms with Gasteiger partial charge in [0.1, 0.15) is 0 Å². The number of hydrogen-bond donors (Lipinski definition) is 1. The average molecular weight is 277 g/mol. The monoisotopic (exact) mass is 277 g/mol. The Bertz CT molecular complexity index is 476. The molecule has 0 aliphatic carbocycles. The summed E-state index contributed by atoms with van der Waals surface area (Å²) in [6.07, 6.45) is 3.05. The van der Waals surface area contributed by atoms with Gasteiger partial charge in [0.05, 0.1) is 11.7 Å². The molecule has 2 rings (SSSR count). The molecule has 0 unspecified atom stereocenters. The summed E-state index contributed by atoms with van der Waals surface area (Å²) in [6, 6.07) is 2.03. The minimum absolute atomic E-state index is 0.0467. The molecular weight excluding hydrogens is 254 g/mol. The third-order valence-corrected chi connectivity index (χ3v) is 3.62. The smallest absolute Gasteiger partial charge is 0.255 e. The Morgan fingerprint density at radius 3 is 2.85 bits per heavy atom. The number of aryl methyl sites for hydroxylation is 1. The predicted octanol–water partition coefficient (Wildman–Crippen LogP) is 0.917. The fraction of sp³-hybridized carbons (Fsp3) is 0.600. The maximum Gasteiger partial charge on any atom is 0.255 e. The lowest BCUT2D eigenvalue weighted by atomic mass is 10.1. The van der Waals surface area contributed by atoms with E-state index < -0.39 is 0 Å². The van der Waals surface area contributed by atoms with Gasteiger partial charge in [0.2, 0.25) is 0 Å². The molecule has 1 aliphatic heterocycles. The normalized spacial score (nSPS) is 21.8. The summed E-state index contributed by atoms with van der Waals surface area (Å²) in [5.74, 6) is 0.0467. The first kappa shape index (κ1) is 14.9. The second kappa shape index (κ2) is 6.33. The van der Waals surface area contributed by atoms with E-state index in [-0.39, 0.29) is 18.1 Å². The number of nitrogens with zero attached hydrogens (tertiary/aromatic N) is 3. The molecule has 0 radical (unpaired) electrons. The van der Waals surface area contributed by atoms with Gasteiger partial charge in [-0.05, 0) is 32.4 Å². The average Bonchev–Trinajstić information content (AvgIpc) is 2.37. The maximum atomic E-state index is 12.5. The van der Waals surface area contributed by atoms with Gasteiger partial charge in [-0.25, -0.2) is 0 Å². The second-order valence-corrected chi connectivity index (χ2v) is 5.71. The molecule has 0 bridgehead atoms. The fourth-order valence-electron chi connectivity index (χ4n) is 2.71. The van der Waals surface area contributed by atoms with Gasteiger partial charge >= 0.3 is 0 Å². The zero-order chi connectivity index (χ0) is 14.7. The summed E-state index contributed by atoms with van der Waals surface area (Å²) in [5.41, 5.74) is 1.65. The van der Waals surface area contributed by atoms with Crippen LogP contribution in [0.15, 0.2) is 18.5 Å². The number of amides is 1. The van der Waals surface area contributed by atoms with Crippen LogP contribution in [0.2, 0.25) is 0 Å². The van der Waals surface area contributed by atoms with Gasteiger partial charge in [-0.3, -0.25) is 14.7 Å². The number of piperazine rings is 1. The second-order valence-electron chi connectivity index (χ2n) is 5.71. The van der Waals surface area contributed by atoms with Crippen molar-refractivity contribution in [2.75, 3.05) is 26.2 Å². The summed E-state index contributed by atoms with van der Waals surface area (Å²) in [5, 5.41) is 9.44. The van der Waals surface area contributed by atoms with Crippen LogP contribution in [0.4, 0.5) is 0 Å². The summed E-state index contributed by atoms with van der Waals surface area (Å²) in [4.78, 5) is 20.7. The molecule has 1 amide bonds. The van der Waals surface area contributed by atoms with Crippen LogP contribution < -0.4 is 0 Å². The van der Waals surface area contributed by atoms with E-state index >= 15 is 0 Å². The Balaban J connectivity index is 2.02. The van der Waals surface area contributed by atoms with Gasteiger partial charge in [0.25, 0.3) is 5.91 Å². The Labute approximate surface area is 120 Å². The lowest BCUT2D eigenvalue weighted by Gasteiger charge is -2.40. The highest BCUT2D eigenvalue weighted by molar-refractivity contribution is 5.94. The predicted molar refractivity (Wildman–Crippen MR) is 77.6 cm³/mol. The van der Waals surface area contributed by atoms with Crippen LogP contribution in [0.3, 0.4) is 0 Å². The molecule has 2 heterocycles. The van der Waals surface area contributed by atoms with E-state index in [9.17, 15) is 9.90 Å². The molecule has 1 saturated heterocycles. The first-order valence-corrected chi connectivity index (χ1v) is 7.10. The third kappa shape index (κ3) is 3.55. The van der Waals surface area contributed by atoms with Gasteiger partial charge in [-0.15, -0.1) is 0 Å². The summed E-state index contributed by atoms with van der Waals surface area (Å²) in [6.45, 7) is 8.75. The molecule has 0 aromatic carbocycles. The molecule has 1 N–H and O–H groups in total. The maximum absolute atomic E-state index is 12.5. The van der Waals surface area contributed by atoms with Crippen molar-refractivity contribution in [2.45, 2.75) is 32.9 Å². The molecule has 5 nitrogen and oxygen atoms in total. The molecule has 110 valence electrons. The fourth-order valence-corrected chi connectivity index (χ4v) is 2.71. The number of pyridine rings is 1. The Hall–Kier alpha value is -1.46. The van der Waals surface area contributed by atoms with E-state index in [4.69, 9.17) is 0 Å². The number of aromatic nitrogens is 1. The highest BCUT2D eigenvalue weighted by Crippen LogP contribution is 2.14. The van der Waals surface area contributed by atoms with Crippen LogP contribution in [0.1, 0.15) is 29.8 Å². The van der Waals surface area contributed by atoms with Gasteiger partial charge in [0, 0.05) is 44.6 Å². The Morgan fingerprint density at radius 1 is 1.50 bits per heavy atom. The Morgan fingerprint density at radius 2 is 2.25 bits per heavy atom. The summed E-state index contributed by atoms with van der Waals surface area (Å²) < 4.78 is 0. The zero-order valence-electron chi connectivity index (χ0n) is 12.4. The van der Waals surface area contributed by atoms with Crippen LogP contribution in [-0.4, -0.2) is 64.1 Å². The molecule has 20 heavy (non-hydrogen) atoms. The van der Waals surface area contributed by atoms with E-state index in [2.05, 4.69) is 16.8 Å². The van der Waals surface area contributed by atoms with Gasteiger partial charge in [-0.1, -0.05) is 0 Å². The van der Waals surface area contributed by atoms with Crippen molar-refractivity contribution >= 4 is 5.91 Å². The quantitative estimate of drug-likeness (QED) is 0.892. The van der Waals surface area contributed by atoms with Crippen molar-refractivity contribution in [3.05, 3.63) is 29.6 Å². The molecule has 1 fully saturated rings. The number of β-amino-alcohol motifs (C(OH)–C–C–N with tert-alkyl or cyclic N) is 1. The standard InChI is InChI=1S/C15H23N3O2/c1-11-6-14(8-16-7-11)15(20)18-5-4-17(9-12(18)2)10-13(3)19/h6-8,12-13,19H,4-5,9-10H2,1-3H3/t12-,13+/m1/s1. The zero-order valence-corrected chi connectivity index (χ0v) is 12.4. The van der Waals surface area contributed by atoms with E-state index in [1.165, 1.54) is 0 Å². The summed E-state index contributed by atoms with van der Waals surface area (Å²) in [7, 11) is 0. The van der Waals surface area contributed by atoms with E-state index in [0.717, 1.165) is 18.7 Å². The molecule has 1 aromatic heterocycles. The number of aliphatic hydroxyl groups excluding tert-OH is 1. The topological polar surface area (TPSA) is 56.7 Å². The van der Waals surface area contributed by atoms with Crippen molar-refractivity contribution in [3.8, 4) is 0 Å². The van der Waals surface area contributed by atoms with Crippen LogP contribution in [0.25, 0.3) is 0 Å². The molecule has 1 aromatic rings. The minimum atomic E-state index is -0.328. The molecule has 0 spiro atoms. The molecule has 2 atom stereocenters. The van der Waals surface area contributed by atoms with Crippen molar-refractivity contribution in [2.24, 2.45) is 0 Å². The summed E-state index contributed by atoms with van der Waals surface area (Å²) >= 11 is 0.